The van der Waals surface area contributed by atoms with Crippen LogP contribution in [0.3, 0.4) is 0 Å². The lowest BCUT2D eigenvalue weighted by Crippen LogP contribution is -2.48. The summed E-state index contributed by atoms with van der Waals surface area (Å²) in [4.78, 5) is 11.4. The Bertz CT molecular complexity index is 634. The lowest BCUT2D eigenvalue weighted by atomic mass is 9.89. The molecular formula is C23H39N5O. The van der Waals surface area contributed by atoms with Gasteiger partial charge in [0.2, 0.25) is 5.88 Å². The van der Waals surface area contributed by atoms with Crippen molar-refractivity contribution in [2.24, 2.45) is 10.9 Å². The summed E-state index contributed by atoms with van der Waals surface area (Å²) in [7, 11) is 1.84. The van der Waals surface area contributed by atoms with Crippen LogP contribution in [0.4, 0.5) is 0 Å². The molecule has 0 atom stereocenters. The zero-order chi connectivity index (χ0) is 20.5. The Morgan fingerprint density at radius 1 is 1.21 bits per heavy atom. The Kier molecular flexibility index (Phi) is 8.59. The van der Waals surface area contributed by atoms with Crippen LogP contribution in [0.2, 0.25) is 0 Å². The number of aliphatic imine (C=N–C) groups is 1. The predicted molar refractivity (Wildman–Crippen MR) is 119 cm³/mol. The summed E-state index contributed by atoms with van der Waals surface area (Å²) in [5.41, 5.74) is 1.17. The number of nitrogens with zero attached hydrogens (tertiary/aromatic N) is 3. The third kappa shape index (κ3) is 7.18. The minimum atomic E-state index is 0.315. The molecule has 0 amide bonds. The maximum atomic E-state index is 6.14. The molecule has 6 heteroatoms. The summed E-state index contributed by atoms with van der Waals surface area (Å²) < 4.78 is 6.14. The average Bonchev–Trinajstić information content (AvgIpc) is 2.74. The summed E-state index contributed by atoms with van der Waals surface area (Å²) in [6, 6.07) is 4.60. The minimum absolute atomic E-state index is 0.315. The molecule has 0 spiro atoms. The van der Waals surface area contributed by atoms with Gasteiger partial charge < -0.3 is 20.3 Å². The topological polar surface area (TPSA) is 61.8 Å². The molecule has 162 valence electrons. The van der Waals surface area contributed by atoms with Crippen LogP contribution in [0.5, 0.6) is 5.88 Å². The van der Waals surface area contributed by atoms with E-state index in [2.05, 4.69) is 45.4 Å². The molecule has 2 heterocycles. The number of rotatable bonds is 7. The van der Waals surface area contributed by atoms with Crippen molar-refractivity contribution >= 4 is 5.96 Å². The van der Waals surface area contributed by atoms with E-state index in [0.29, 0.717) is 12.1 Å². The third-order valence-corrected chi connectivity index (χ3v) is 6.20. The number of likely N-dealkylation sites (tertiary alicyclic amines) is 1. The zero-order valence-electron chi connectivity index (χ0n) is 18.5. The SMILES string of the molecule is CCCN1CCC(NC(=NC)NCc2ccnc(OC3CCC(C)CC3)c2)CC1. The largest absolute Gasteiger partial charge is 0.474 e. The molecule has 1 aliphatic heterocycles. The van der Waals surface area contributed by atoms with Gasteiger partial charge in [-0.25, -0.2) is 4.98 Å². The van der Waals surface area contributed by atoms with Crippen LogP contribution >= 0.6 is 0 Å². The number of ether oxygens (including phenoxy) is 1. The van der Waals surface area contributed by atoms with E-state index in [1.807, 2.05) is 19.3 Å². The molecule has 29 heavy (non-hydrogen) atoms. The van der Waals surface area contributed by atoms with Gasteiger partial charge in [-0.2, -0.15) is 0 Å². The molecule has 0 unspecified atom stereocenters. The summed E-state index contributed by atoms with van der Waals surface area (Å²) in [6.45, 7) is 8.86. The zero-order valence-corrected chi connectivity index (χ0v) is 18.5. The lowest BCUT2D eigenvalue weighted by molar-refractivity contribution is 0.130. The molecule has 3 rings (SSSR count). The molecule has 1 aromatic rings. The fourth-order valence-electron chi connectivity index (χ4n) is 4.33. The fourth-order valence-corrected chi connectivity index (χ4v) is 4.33. The quantitative estimate of drug-likeness (QED) is 0.540. The Morgan fingerprint density at radius 3 is 2.66 bits per heavy atom. The van der Waals surface area contributed by atoms with Gasteiger partial charge in [0.1, 0.15) is 6.10 Å². The van der Waals surface area contributed by atoms with Gasteiger partial charge in [-0.05, 0) is 69.0 Å². The Balaban J connectivity index is 1.43. The number of hydrogen-bond donors (Lipinski definition) is 2. The first kappa shape index (κ1) is 21.9. The molecule has 2 fully saturated rings. The van der Waals surface area contributed by atoms with Crippen LogP contribution in [0.25, 0.3) is 0 Å². The Hall–Kier alpha value is -1.82. The van der Waals surface area contributed by atoms with E-state index >= 15 is 0 Å². The van der Waals surface area contributed by atoms with Crippen molar-refractivity contribution in [1.29, 1.82) is 0 Å². The highest BCUT2D eigenvalue weighted by atomic mass is 16.5. The van der Waals surface area contributed by atoms with Gasteiger partial charge in [0, 0.05) is 45.0 Å². The van der Waals surface area contributed by atoms with Crippen molar-refractivity contribution in [3.63, 3.8) is 0 Å². The van der Waals surface area contributed by atoms with Crippen molar-refractivity contribution in [1.82, 2.24) is 20.5 Å². The van der Waals surface area contributed by atoms with Gasteiger partial charge in [-0.1, -0.05) is 13.8 Å². The van der Waals surface area contributed by atoms with E-state index in [-0.39, 0.29) is 0 Å². The van der Waals surface area contributed by atoms with Crippen molar-refractivity contribution in [3.8, 4) is 5.88 Å². The van der Waals surface area contributed by atoms with Crippen LogP contribution in [-0.2, 0) is 6.54 Å². The molecule has 1 saturated heterocycles. The second kappa shape index (κ2) is 11.4. The van der Waals surface area contributed by atoms with Gasteiger partial charge in [0.15, 0.2) is 5.96 Å². The summed E-state index contributed by atoms with van der Waals surface area (Å²) in [5.74, 6) is 2.45. The van der Waals surface area contributed by atoms with E-state index in [1.165, 1.54) is 57.3 Å². The fraction of sp³-hybridized carbons (Fsp3) is 0.739. The standard InChI is InChI=1S/C23H39N5O/c1-4-13-28-14-10-20(11-15-28)27-23(24-3)26-17-19-9-12-25-22(16-19)29-21-7-5-18(2)6-8-21/h9,12,16,18,20-21H,4-8,10-11,13-15,17H2,1-3H3,(H2,24,26,27). The summed E-state index contributed by atoms with van der Waals surface area (Å²) >= 11 is 0. The highest BCUT2D eigenvalue weighted by Gasteiger charge is 2.21. The first-order valence-corrected chi connectivity index (χ1v) is 11.5. The maximum absolute atomic E-state index is 6.14. The molecule has 0 radical (unpaired) electrons. The van der Waals surface area contributed by atoms with Crippen molar-refractivity contribution in [3.05, 3.63) is 23.9 Å². The van der Waals surface area contributed by atoms with Gasteiger partial charge >= 0.3 is 0 Å². The second-order valence-corrected chi connectivity index (χ2v) is 8.69. The van der Waals surface area contributed by atoms with E-state index in [0.717, 1.165) is 37.1 Å². The van der Waals surface area contributed by atoms with Gasteiger partial charge in [0.05, 0.1) is 0 Å². The molecule has 0 aromatic carbocycles. The van der Waals surface area contributed by atoms with E-state index < -0.39 is 0 Å². The first-order valence-electron chi connectivity index (χ1n) is 11.5. The van der Waals surface area contributed by atoms with E-state index in [9.17, 15) is 0 Å². The lowest BCUT2D eigenvalue weighted by Gasteiger charge is -2.32. The molecule has 1 aliphatic carbocycles. The highest BCUT2D eigenvalue weighted by Crippen LogP contribution is 2.26. The molecule has 1 aromatic heterocycles. The van der Waals surface area contributed by atoms with Crippen LogP contribution in [0.1, 0.15) is 64.4 Å². The summed E-state index contributed by atoms with van der Waals surface area (Å²) in [6.07, 6.45) is 10.5. The number of nitrogens with one attached hydrogen (secondary N) is 2. The van der Waals surface area contributed by atoms with E-state index in [4.69, 9.17) is 4.74 Å². The van der Waals surface area contributed by atoms with Crippen LogP contribution < -0.4 is 15.4 Å². The molecule has 2 aliphatic rings. The van der Waals surface area contributed by atoms with Crippen molar-refractivity contribution in [2.45, 2.75) is 77.5 Å². The maximum Gasteiger partial charge on any atom is 0.213 e. The average molecular weight is 402 g/mol. The predicted octanol–water partition coefficient (Wildman–Crippen LogP) is 3.58. The van der Waals surface area contributed by atoms with Crippen LogP contribution in [-0.4, -0.2) is 54.7 Å². The van der Waals surface area contributed by atoms with E-state index in [1.54, 1.807) is 0 Å². The Morgan fingerprint density at radius 2 is 1.97 bits per heavy atom. The summed E-state index contributed by atoms with van der Waals surface area (Å²) in [5, 5.41) is 7.04. The number of piperidine rings is 1. The number of pyridine rings is 1. The molecule has 0 bridgehead atoms. The number of aromatic nitrogens is 1. The minimum Gasteiger partial charge on any atom is -0.474 e. The normalized spacial score (nSPS) is 24.3. The molecule has 1 saturated carbocycles. The highest BCUT2D eigenvalue weighted by molar-refractivity contribution is 5.79. The number of hydrogen-bond acceptors (Lipinski definition) is 4. The van der Waals surface area contributed by atoms with Crippen LogP contribution in [0.15, 0.2) is 23.3 Å². The third-order valence-electron chi connectivity index (χ3n) is 6.20. The molecule has 2 N–H and O–H groups in total. The molecular weight excluding hydrogens is 362 g/mol. The first-order chi connectivity index (χ1) is 14.2. The second-order valence-electron chi connectivity index (χ2n) is 8.69. The van der Waals surface area contributed by atoms with Crippen molar-refractivity contribution < 1.29 is 4.74 Å². The Labute approximate surface area is 176 Å². The van der Waals surface area contributed by atoms with Gasteiger partial charge in [-0.3, -0.25) is 4.99 Å². The van der Waals surface area contributed by atoms with Gasteiger partial charge in [-0.15, -0.1) is 0 Å². The smallest absolute Gasteiger partial charge is 0.213 e. The van der Waals surface area contributed by atoms with Crippen molar-refractivity contribution in [2.75, 3.05) is 26.7 Å². The van der Waals surface area contributed by atoms with Crippen LogP contribution in [0, 0.1) is 5.92 Å². The number of guanidine groups is 1. The van der Waals surface area contributed by atoms with Gasteiger partial charge in [0.25, 0.3) is 0 Å². The molecule has 6 nitrogen and oxygen atoms in total. The monoisotopic (exact) mass is 401 g/mol.